The van der Waals surface area contributed by atoms with Gasteiger partial charge in [0.1, 0.15) is 6.07 Å². The van der Waals surface area contributed by atoms with E-state index in [4.69, 9.17) is 16.9 Å². The average molecular weight is 386 g/mol. The number of nitrogens with zero attached hydrogens (tertiary/aromatic N) is 1. The molecule has 0 aliphatic carbocycles. The number of rotatable bonds is 4. The first kappa shape index (κ1) is 16.0. The first-order valence-corrected chi connectivity index (χ1v) is 8.51. The Hall–Kier alpha value is -1.39. The van der Waals surface area contributed by atoms with Crippen LogP contribution < -0.4 is 4.72 Å². The van der Waals surface area contributed by atoms with Crippen LogP contribution in [-0.4, -0.2) is 8.42 Å². The lowest BCUT2D eigenvalue weighted by Gasteiger charge is -2.08. The molecular weight excluding hydrogens is 376 g/mol. The van der Waals surface area contributed by atoms with Crippen molar-refractivity contribution in [3.63, 3.8) is 0 Å². The number of sulfonamides is 1. The van der Waals surface area contributed by atoms with E-state index < -0.39 is 10.0 Å². The molecule has 2 aromatic carbocycles. The van der Waals surface area contributed by atoms with E-state index in [-0.39, 0.29) is 22.0 Å². The Kier molecular flexibility index (Phi) is 5.01. The highest BCUT2D eigenvalue weighted by molar-refractivity contribution is 9.10. The number of nitrogens with one attached hydrogen (secondary N) is 1. The van der Waals surface area contributed by atoms with Crippen molar-refractivity contribution in [2.75, 3.05) is 0 Å². The van der Waals surface area contributed by atoms with Crippen molar-refractivity contribution >= 4 is 37.6 Å². The van der Waals surface area contributed by atoms with Gasteiger partial charge in [-0.2, -0.15) is 5.26 Å². The molecule has 0 bridgehead atoms. The zero-order valence-electron chi connectivity index (χ0n) is 10.7. The Labute approximate surface area is 136 Å². The molecule has 1 N–H and O–H groups in total. The van der Waals surface area contributed by atoms with Gasteiger partial charge in [0.05, 0.1) is 15.5 Å². The fourth-order valence-electron chi connectivity index (χ4n) is 1.66. The van der Waals surface area contributed by atoms with Crippen molar-refractivity contribution in [1.29, 1.82) is 5.26 Å². The van der Waals surface area contributed by atoms with E-state index in [1.807, 2.05) is 30.3 Å². The zero-order valence-corrected chi connectivity index (χ0v) is 13.8. The predicted octanol–water partition coefficient (Wildman–Crippen LogP) is 3.45. The number of benzene rings is 2. The van der Waals surface area contributed by atoms with Gasteiger partial charge in [-0.3, -0.25) is 0 Å². The van der Waals surface area contributed by atoms with Crippen LogP contribution in [0.15, 0.2) is 51.8 Å². The van der Waals surface area contributed by atoms with Gasteiger partial charge in [-0.1, -0.05) is 39.7 Å². The van der Waals surface area contributed by atoms with Crippen LogP contribution in [0.3, 0.4) is 0 Å². The summed E-state index contributed by atoms with van der Waals surface area (Å²) in [6.07, 6.45) is 0. The molecule has 0 spiro atoms. The minimum atomic E-state index is -3.68. The molecule has 0 radical (unpaired) electrons. The molecule has 0 atom stereocenters. The van der Waals surface area contributed by atoms with Gasteiger partial charge in [0, 0.05) is 11.0 Å². The van der Waals surface area contributed by atoms with Crippen LogP contribution in [0.4, 0.5) is 0 Å². The third kappa shape index (κ3) is 4.05. The molecule has 4 nitrogen and oxygen atoms in total. The van der Waals surface area contributed by atoms with Crippen molar-refractivity contribution in [2.24, 2.45) is 0 Å². The van der Waals surface area contributed by atoms with E-state index in [9.17, 15) is 8.42 Å². The topological polar surface area (TPSA) is 70.0 Å². The molecule has 0 amide bonds. The molecule has 0 saturated carbocycles. The summed E-state index contributed by atoms with van der Waals surface area (Å²) in [7, 11) is -3.68. The summed E-state index contributed by atoms with van der Waals surface area (Å²) in [4.78, 5) is 0.0292. The maximum absolute atomic E-state index is 12.2. The lowest BCUT2D eigenvalue weighted by atomic mass is 10.2. The van der Waals surface area contributed by atoms with Crippen LogP contribution in [-0.2, 0) is 16.6 Å². The van der Waals surface area contributed by atoms with Gasteiger partial charge in [0.15, 0.2) is 0 Å². The Balaban J connectivity index is 2.19. The second-order valence-corrected chi connectivity index (χ2v) is 7.30. The number of nitriles is 1. The number of halogens is 2. The summed E-state index contributed by atoms with van der Waals surface area (Å²) in [5, 5.41) is 8.90. The second kappa shape index (κ2) is 6.58. The van der Waals surface area contributed by atoms with E-state index in [0.717, 1.165) is 10.0 Å². The van der Waals surface area contributed by atoms with E-state index in [2.05, 4.69) is 20.7 Å². The van der Waals surface area contributed by atoms with Crippen LogP contribution >= 0.6 is 27.5 Å². The molecule has 7 heteroatoms. The third-order valence-corrected chi connectivity index (χ3v) is 4.93. The molecule has 0 fully saturated rings. The van der Waals surface area contributed by atoms with Crippen LogP contribution in [0.2, 0.25) is 5.02 Å². The Morgan fingerprint density at radius 1 is 1.24 bits per heavy atom. The van der Waals surface area contributed by atoms with Crippen molar-refractivity contribution in [1.82, 2.24) is 4.72 Å². The van der Waals surface area contributed by atoms with E-state index in [1.165, 1.54) is 18.2 Å². The first-order valence-electron chi connectivity index (χ1n) is 5.86. The maximum Gasteiger partial charge on any atom is 0.240 e. The molecule has 0 aliphatic rings. The van der Waals surface area contributed by atoms with Gasteiger partial charge in [-0.25, -0.2) is 13.1 Å². The van der Waals surface area contributed by atoms with Gasteiger partial charge in [0.25, 0.3) is 0 Å². The standard InChI is InChI=1S/C14H10BrClN2O2S/c15-12-3-1-2-10(6-12)9-18-21(19,20)13-5-4-11(8-17)14(16)7-13/h1-7,18H,9H2. The van der Waals surface area contributed by atoms with Crippen LogP contribution in [0, 0.1) is 11.3 Å². The first-order chi connectivity index (χ1) is 9.92. The van der Waals surface area contributed by atoms with Crippen molar-refractivity contribution in [3.8, 4) is 6.07 Å². The Bertz CT molecular complexity index is 816. The monoisotopic (exact) mass is 384 g/mol. The second-order valence-electron chi connectivity index (χ2n) is 4.21. The summed E-state index contributed by atoms with van der Waals surface area (Å²) >= 11 is 9.18. The summed E-state index contributed by atoms with van der Waals surface area (Å²) in [5.74, 6) is 0. The van der Waals surface area contributed by atoms with Gasteiger partial charge >= 0.3 is 0 Å². The largest absolute Gasteiger partial charge is 0.240 e. The third-order valence-electron chi connectivity index (χ3n) is 2.73. The fraction of sp³-hybridized carbons (Fsp3) is 0.0714. The molecule has 0 aliphatic heterocycles. The van der Waals surface area contributed by atoms with Crippen LogP contribution in [0.25, 0.3) is 0 Å². The summed E-state index contributed by atoms with van der Waals surface area (Å²) in [5.41, 5.74) is 1.07. The summed E-state index contributed by atoms with van der Waals surface area (Å²) < 4.78 is 27.7. The molecule has 0 unspecified atom stereocenters. The SMILES string of the molecule is N#Cc1ccc(S(=O)(=O)NCc2cccc(Br)c2)cc1Cl. The number of hydrogen-bond acceptors (Lipinski definition) is 3. The quantitative estimate of drug-likeness (QED) is 0.876. The van der Waals surface area contributed by atoms with E-state index >= 15 is 0 Å². The molecule has 0 saturated heterocycles. The fourth-order valence-corrected chi connectivity index (χ4v) is 3.44. The lowest BCUT2D eigenvalue weighted by Crippen LogP contribution is -2.23. The molecule has 108 valence electrons. The molecule has 21 heavy (non-hydrogen) atoms. The predicted molar refractivity (Wildman–Crippen MR) is 84.3 cm³/mol. The van der Waals surface area contributed by atoms with Crippen molar-refractivity contribution < 1.29 is 8.42 Å². The number of hydrogen-bond donors (Lipinski definition) is 1. The van der Waals surface area contributed by atoms with Crippen LogP contribution in [0.5, 0.6) is 0 Å². The minimum absolute atomic E-state index is 0.0292. The van der Waals surface area contributed by atoms with Crippen LogP contribution in [0.1, 0.15) is 11.1 Å². The molecule has 0 aromatic heterocycles. The molecule has 0 heterocycles. The highest BCUT2D eigenvalue weighted by Gasteiger charge is 2.15. The Morgan fingerprint density at radius 2 is 2.00 bits per heavy atom. The zero-order chi connectivity index (χ0) is 15.5. The molecule has 2 rings (SSSR count). The normalized spacial score (nSPS) is 11.1. The lowest BCUT2D eigenvalue weighted by molar-refractivity contribution is 0.581. The van der Waals surface area contributed by atoms with E-state index in [1.54, 1.807) is 0 Å². The average Bonchev–Trinajstić information content (AvgIpc) is 2.45. The Morgan fingerprint density at radius 3 is 2.62 bits per heavy atom. The highest BCUT2D eigenvalue weighted by Crippen LogP contribution is 2.20. The van der Waals surface area contributed by atoms with Gasteiger partial charge in [-0.05, 0) is 35.9 Å². The molecule has 2 aromatic rings. The van der Waals surface area contributed by atoms with Gasteiger partial charge < -0.3 is 0 Å². The highest BCUT2D eigenvalue weighted by atomic mass is 79.9. The minimum Gasteiger partial charge on any atom is -0.207 e. The van der Waals surface area contributed by atoms with Gasteiger partial charge in [0.2, 0.25) is 10.0 Å². The maximum atomic E-state index is 12.2. The van der Waals surface area contributed by atoms with Crippen molar-refractivity contribution in [3.05, 3.63) is 63.1 Å². The summed E-state index contributed by atoms with van der Waals surface area (Å²) in [6.45, 7) is 0.166. The summed E-state index contributed by atoms with van der Waals surface area (Å²) in [6, 6.07) is 13.2. The van der Waals surface area contributed by atoms with E-state index in [0.29, 0.717) is 0 Å². The van der Waals surface area contributed by atoms with Gasteiger partial charge in [-0.15, -0.1) is 0 Å². The molecular formula is C14H10BrClN2O2S. The smallest absolute Gasteiger partial charge is 0.207 e. The van der Waals surface area contributed by atoms with Crippen molar-refractivity contribution in [2.45, 2.75) is 11.4 Å².